The number of rotatable bonds is 2. The molecule has 2 atom stereocenters. The summed E-state index contributed by atoms with van der Waals surface area (Å²) in [7, 11) is 0. The van der Waals surface area contributed by atoms with Gasteiger partial charge in [0.05, 0.1) is 11.0 Å². The summed E-state index contributed by atoms with van der Waals surface area (Å²) in [6.07, 6.45) is 5.23. The van der Waals surface area contributed by atoms with Crippen molar-refractivity contribution in [1.82, 2.24) is 9.97 Å². The van der Waals surface area contributed by atoms with Crippen molar-refractivity contribution >= 4 is 16.7 Å². The van der Waals surface area contributed by atoms with Gasteiger partial charge in [0, 0.05) is 5.69 Å². The number of benzene rings is 1. The number of anilines is 1. The van der Waals surface area contributed by atoms with Gasteiger partial charge in [-0.2, -0.15) is 4.98 Å². The third-order valence-electron chi connectivity index (χ3n) is 3.78. The number of hydrogen-bond donors (Lipinski definition) is 2. The van der Waals surface area contributed by atoms with E-state index < -0.39 is 0 Å². The lowest BCUT2D eigenvalue weighted by Gasteiger charge is -2.28. The molecule has 18 heavy (non-hydrogen) atoms. The first-order valence-corrected chi connectivity index (χ1v) is 6.64. The van der Waals surface area contributed by atoms with Crippen molar-refractivity contribution in [3.05, 3.63) is 18.2 Å². The highest BCUT2D eigenvalue weighted by atomic mass is 16.5. The maximum Gasteiger partial charge on any atom is 0.294 e. The van der Waals surface area contributed by atoms with Gasteiger partial charge in [-0.15, -0.1) is 0 Å². The molecule has 3 rings (SSSR count). The molecule has 0 amide bonds. The summed E-state index contributed by atoms with van der Waals surface area (Å²) < 4.78 is 5.98. The van der Waals surface area contributed by atoms with E-state index in [0.29, 0.717) is 11.9 Å². The zero-order valence-corrected chi connectivity index (χ0v) is 10.6. The highest BCUT2D eigenvalue weighted by molar-refractivity contribution is 5.79. The quantitative estimate of drug-likeness (QED) is 0.799. The average molecular weight is 245 g/mol. The average Bonchev–Trinajstić information content (AvgIpc) is 2.73. The molecule has 1 heterocycles. The van der Waals surface area contributed by atoms with E-state index in [4.69, 9.17) is 10.5 Å². The second-order valence-corrected chi connectivity index (χ2v) is 5.24. The Labute approximate surface area is 107 Å². The fourth-order valence-electron chi connectivity index (χ4n) is 2.66. The number of aromatic amines is 1. The molecule has 4 nitrogen and oxygen atoms in total. The van der Waals surface area contributed by atoms with Crippen LogP contribution in [0.15, 0.2) is 18.2 Å². The molecule has 0 aliphatic heterocycles. The van der Waals surface area contributed by atoms with Crippen LogP contribution in [-0.2, 0) is 0 Å². The van der Waals surface area contributed by atoms with Gasteiger partial charge in [-0.25, -0.2) is 0 Å². The minimum Gasteiger partial charge on any atom is -0.461 e. The number of hydrogen-bond acceptors (Lipinski definition) is 3. The molecule has 0 saturated heterocycles. The first-order valence-electron chi connectivity index (χ1n) is 6.64. The van der Waals surface area contributed by atoms with E-state index in [1.165, 1.54) is 19.3 Å². The normalized spacial score (nSPS) is 24.3. The fourth-order valence-corrected chi connectivity index (χ4v) is 2.66. The molecule has 1 aromatic heterocycles. The fraction of sp³-hybridized carbons (Fsp3) is 0.500. The summed E-state index contributed by atoms with van der Waals surface area (Å²) in [4.78, 5) is 7.64. The molecule has 1 aliphatic carbocycles. The van der Waals surface area contributed by atoms with Crippen LogP contribution in [0.3, 0.4) is 0 Å². The maximum atomic E-state index is 5.98. The summed E-state index contributed by atoms with van der Waals surface area (Å²) in [5.41, 5.74) is 8.33. The van der Waals surface area contributed by atoms with Gasteiger partial charge in [-0.1, -0.05) is 13.3 Å². The van der Waals surface area contributed by atoms with Crippen LogP contribution in [0.1, 0.15) is 32.6 Å². The van der Waals surface area contributed by atoms with Gasteiger partial charge in [-0.05, 0) is 43.4 Å². The molecule has 0 bridgehead atoms. The Bertz CT molecular complexity index is 549. The number of nitrogens with two attached hydrogens (primary N) is 1. The van der Waals surface area contributed by atoms with Crippen LogP contribution < -0.4 is 10.5 Å². The highest BCUT2D eigenvalue weighted by Gasteiger charge is 2.23. The number of H-pyrrole nitrogens is 1. The minimum absolute atomic E-state index is 0.289. The Kier molecular flexibility index (Phi) is 2.86. The summed E-state index contributed by atoms with van der Waals surface area (Å²) >= 11 is 0. The summed E-state index contributed by atoms with van der Waals surface area (Å²) in [6, 6.07) is 6.28. The predicted octanol–water partition coefficient (Wildman–Crippen LogP) is 3.10. The van der Waals surface area contributed by atoms with E-state index in [0.717, 1.165) is 23.1 Å². The van der Waals surface area contributed by atoms with Crippen LogP contribution in [0.25, 0.3) is 11.0 Å². The Morgan fingerprint density at radius 3 is 3.00 bits per heavy atom. The Balaban J connectivity index is 1.81. The van der Waals surface area contributed by atoms with Gasteiger partial charge in [0.25, 0.3) is 6.01 Å². The molecule has 1 aliphatic rings. The van der Waals surface area contributed by atoms with Gasteiger partial charge in [0.15, 0.2) is 0 Å². The monoisotopic (exact) mass is 245 g/mol. The van der Waals surface area contributed by atoms with Gasteiger partial charge < -0.3 is 15.5 Å². The standard InChI is InChI=1S/C14H19N3O/c1-9-4-2-3-5-13(9)18-14-16-11-7-6-10(15)8-12(11)17-14/h6-9,13H,2-5,15H2,1H3,(H,16,17). The van der Waals surface area contributed by atoms with Crippen LogP contribution in [0.2, 0.25) is 0 Å². The van der Waals surface area contributed by atoms with E-state index in [9.17, 15) is 0 Å². The lowest BCUT2D eigenvalue weighted by molar-refractivity contribution is 0.0937. The van der Waals surface area contributed by atoms with E-state index in [1.807, 2.05) is 18.2 Å². The van der Waals surface area contributed by atoms with E-state index >= 15 is 0 Å². The second kappa shape index (κ2) is 4.52. The molecule has 2 aromatic rings. The van der Waals surface area contributed by atoms with Gasteiger partial charge >= 0.3 is 0 Å². The van der Waals surface area contributed by atoms with Crippen LogP contribution in [0.4, 0.5) is 5.69 Å². The van der Waals surface area contributed by atoms with Crippen LogP contribution in [0.5, 0.6) is 6.01 Å². The van der Waals surface area contributed by atoms with E-state index in [-0.39, 0.29) is 6.10 Å². The molecule has 3 N–H and O–H groups in total. The number of imidazole rings is 1. The van der Waals surface area contributed by atoms with Crippen molar-refractivity contribution < 1.29 is 4.74 Å². The molecular formula is C14H19N3O. The molecule has 4 heteroatoms. The van der Waals surface area contributed by atoms with Gasteiger partial charge in [0.1, 0.15) is 6.10 Å². The summed E-state index contributed by atoms with van der Waals surface area (Å²) in [5, 5.41) is 0. The van der Waals surface area contributed by atoms with Crippen molar-refractivity contribution in [2.75, 3.05) is 5.73 Å². The van der Waals surface area contributed by atoms with E-state index in [2.05, 4.69) is 16.9 Å². The van der Waals surface area contributed by atoms with Crippen molar-refractivity contribution in [1.29, 1.82) is 0 Å². The van der Waals surface area contributed by atoms with Gasteiger partial charge in [0.2, 0.25) is 0 Å². The molecule has 2 unspecified atom stereocenters. The molecule has 1 fully saturated rings. The van der Waals surface area contributed by atoms with Crippen LogP contribution >= 0.6 is 0 Å². The van der Waals surface area contributed by atoms with Crippen molar-refractivity contribution in [3.63, 3.8) is 0 Å². The number of aromatic nitrogens is 2. The number of nitrogens with one attached hydrogen (secondary N) is 1. The zero-order chi connectivity index (χ0) is 12.5. The van der Waals surface area contributed by atoms with Crippen molar-refractivity contribution in [2.24, 2.45) is 5.92 Å². The Morgan fingerprint density at radius 2 is 2.17 bits per heavy atom. The summed E-state index contributed by atoms with van der Waals surface area (Å²) in [5.74, 6) is 0.608. The minimum atomic E-state index is 0.289. The predicted molar refractivity (Wildman–Crippen MR) is 72.6 cm³/mol. The SMILES string of the molecule is CC1CCCCC1Oc1nc2ccc(N)cc2[nH]1. The van der Waals surface area contributed by atoms with Crippen LogP contribution in [0, 0.1) is 5.92 Å². The molecule has 96 valence electrons. The Hall–Kier alpha value is -1.71. The van der Waals surface area contributed by atoms with Crippen molar-refractivity contribution in [3.8, 4) is 6.01 Å². The maximum absolute atomic E-state index is 5.98. The smallest absolute Gasteiger partial charge is 0.294 e. The molecule has 1 saturated carbocycles. The number of nitrogens with zero attached hydrogens (tertiary/aromatic N) is 1. The second-order valence-electron chi connectivity index (χ2n) is 5.24. The number of fused-ring (bicyclic) bond motifs is 1. The largest absolute Gasteiger partial charge is 0.461 e. The number of ether oxygens (including phenoxy) is 1. The molecular weight excluding hydrogens is 226 g/mol. The first kappa shape index (κ1) is 11.4. The summed E-state index contributed by atoms with van der Waals surface area (Å²) in [6.45, 7) is 2.25. The molecule has 1 aromatic carbocycles. The van der Waals surface area contributed by atoms with E-state index in [1.54, 1.807) is 0 Å². The van der Waals surface area contributed by atoms with Gasteiger partial charge in [-0.3, -0.25) is 0 Å². The Morgan fingerprint density at radius 1 is 1.33 bits per heavy atom. The molecule has 0 spiro atoms. The third-order valence-corrected chi connectivity index (χ3v) is 3.78. The topological polar surface area (TPSA) is 63.9 Å². The first-order chi connectivity index (χ1) is 8.72. The van der Waals surface area contributed by atoms with Crippen LogP contribution in [-0.4, -0.2) is 16.1 Å². The zero-order valence-electron chi connectivity index (χ0n) is 10.6. The lowest BCUT2D eigenvalue weighted by atomic mass is 9.88. The molecule has 0 radical (unpaired) electrons. The highest BCUT2D eigenvalue weighted by Crippen LogP contribution is 2.28. The third kappa shape index (κ3) is 2.15. The lowest BCUT2D eigenvalue weighted by Crippen LogP contribution is -2.28. The number of nitrogen functional groups attached to an aromatic ring is 1. The van der Waals surface area contributed by atoms with Crippen molar-refractivity contribution in [2.45, 2.75) is 38.7 Å².